The Labute approximate surface area is 177 Å². The molecule has 2 N–H and O–H groups in total. The number of hydrogen-bond donors (Lipinski definition) is 2. The maximum absolute atomic E-state index is 13.0. The van der Waals surface area contributed by atoms with E-state index < -0.39 is 5.91 Å². The highest BCUT2D eigenvalue weighted by atomic mass is 16.4. The van der Waals surface area contributed by atoms with E-state index in [2.05, 4.69) is 15.3 Å². The maximum atomic E-state index is 13.0. The van der Waals surface area contributed by atoms with Gasteiger partial charge in [-0.3, -0.25) is 14.9 Å². The number of aromatic nitrogens is 2. The van der Waals surface area contributed by atoms with Crippen molar-refractivity contribution in [2.75, 3.05) is 5.32 Å². The van der Waals surface area contributed by atoms with Gasteiger partial charge in [-0.05, 0) is 6.07 Å². The molecular weight excluding hydrogens is 390 g/mol. The molecule has 0 unspecified atom stereocenters. The van der Waals surface area contributed by atoms with Crippen LogP contribution in [0.1, 0.15) is 10.4 Å². The monoisotopic (exact) mass is 407 g/mol. The summed E-state index contributed by atoms with van der Waals surface area (Å²) in [5, 5.41) is 3.35. The van der Waals surface area contributed by atoms with E-state index in [1.165, 1.54) is 6.07 Å². The lowest BCUT2D eigenvalue weighted by Gasteiger charge is -2.05. The lowest BCUT2D eigenvalue weighted by Crippen LogP contribution is -2.17. The van der Waals surface area contributed by atoms with Crippen LogP contribution >= 0.6 is 0 Å². The Balaban J connectivity index is 1.57. The first-order valence-electron chi connectivity index (χ1n) is 9.74. The first-order valence-corrected chi connectivity index (χ1v) is 9.74. The lowest BCUT2D eigenvalue weighted by atomic mass is 10.1. The highest BCUT2D eigenvalue weighted by Gasteiger charge is 2.20. The number of fused-ring (bicyclic) bond motifs is 1. The Morgan fingerprint density at radius 2 is 1.48 bits per heavy atom. The second-order valence-electron chi connectivity index (χ2n) is 6.98. The van der Waals surface area contributed by atoms with Crippen LogP contribution in [-0.2, 0) is 0 Å². The smallest absolute Gasteiger partial charge is 0.302 e. The van der Waals surface area contributed by atoms with Crippen LogP contribution in [0.15, 0.2) is 100 Å². The summed E-state index contributed by atoms with van der Waals surface area (Å²) in [6, 6.07) is 27.7. The Morgan fingerprint density at radius 1 is 0.839 bits per heavy atom. The van der Waals surface area contributed by atoms with E-state index in [4.69, 9.17) is 4.42 Å². The summed E-state index contributed by atoms with van der Waals surface area (Å²) in [5.41, 5.74) is 2.81. The molecule has 6 heteroatoms. The third-order valence-corrected chi connectivity index (χ3v) is 4.93. The molecule has 5 aromatic rings. The number of aromatic amines is 1. The molecule has 150 valence electrons. The summed E-state index contributed by atoms with van der Waals surface area (Å²) in [7, 11) is 0. The molecule has 0 saturated heterocycles. The predicted molar refractivity (Wildman–Crippen MR) is 120 cm³/mol. The van der Waals surface area contributed by atoms with E-state index in [1.54, 1.807) is 18.2 Å². The molecule has 0 aliphatic carbocycles. The van der Waals surface area contributed by atoms with Gasteiger partial charge in [0.2, 0.25) is 5.56 Å². The van der Waals surface area contributed by atoms with E-state index in [1.807, 2.05) is 66.7 Å². The number of amides is 1. The van der Waals surface area contributed by atoms with Gasteiger partial charge < -0.3 is 9.40 Å². The zero-order valence-corrected chi connectivity index (χ0v) is 16.3. The quantitative estimate of drug-likeness (QED) is 0.434. The highest BCUT2D eigenvalue weighted by Crippen LogP contribution is 2.34. The van der Waals surface area contributed by atoms with E-state index in [9.17, 15) is 9.59 Å². The molecule has 2 aromatic heterocycles. The van der Waals surface area contributed by atoms with Gasteiger partial charge in [-0.15, -0.1) is 0 Å². The van der Waals surface area contributed by atoms with Crippen LogP contribution in [0.5, 0.6) is 0 Å². The summed E-state index contributed by atoms with van der Waals surface area (Å²) >= 11 is 0. The number of H-pyrrole nitrogens is 1. The number of rotatable bonds is 4. The Bertz CT molecular complexity index is 1380. The first kappa shape index (κ1) is 18.6. The molecule has 0 aliphatic heterocycles. The highest BCUT2D eigenvalue weighted by molar-refractivity contribution is 6.11. The van der Waals surface area contributed by atoms with Crippen LogP contribution in [0.3, 0.4) is 0 Å². The normalized spacial score (nSPS) is 10.8. The average Bonchev–Trinajstić information content (AvgIpc) is 3.23. The SMILES string of the molecule is O=C(Nc1nc(-c2ccccc2)c(-c2ccccc2)o1)c1cc(=O)[nH]c2ccccc12. The largest absolute Gasteiger partial charge is 0.423 e. The maximum Gasteiger partial charge on any atom is 0.302 e. The van der Waals surface area contributed by atoms with Crippen molar-refractivity contribution < 1.29 is 9.21 Å². The Morgan fingerprint density at radius 3 is 2.23 bits per heavy atom. The van der Waals surface area contributed by atoms with Crippen LogP contribution in [0.25, 0.3) is 33.5 Å². The molecule has 1 amide bonds. The van der Waals surface area contributed by atoms with Gasteiger partial charge in [-0.1, -0.05) is 78.9 Å². The molecule has 6 nitrogen and oxygen atoms in total. The summed E-state index contributed by atoms with van der Waals surface area (Å²) in [6.07, 6.45) is 0. The lowest BCUT2D eigenvalue weighted by molar-refractivity contribution is 0.102. The number of carbonyl (C=O) groups is 1. The number of carbonyl (C=O) groups excluding carboxylic acids is 1. The first-order chi connectivity index (χ1) is 15.2. The number of pyridine rings is 1. The van der Waals surface area contributed by atoms with Gasteiger partial charge in [-0.2, -0.15) is 4.98 Å². The van der Waals surface area contributed by atoms with Crippen LogP contribution in [0.2, 0.25) is 0 Å². The van der Waals surface area contributed by atoms with E-state index in [0.717, 1.165) is 11.1 Å². The predicted octanol–water partition coefficient (Wildman–Crippen LogP) is 5.10. The minimum absolute atomic E-state index is 0.0621. The van der Waals surface area contributed by atoms with Crippen molar-refractivity contribution in [1.82, 2.24) is 9.97 Å². The molecule has 2 heterocycles. The molecule has 0 bridgehead atoms. The second-order valence-corrected chi connectivity index (χ2v) is 6.98. The molecule has 0 aliphatic rings. The van der Waals surface area contributed by atoms with Gasteiger partial charge in [0.25, 0.3) is 5.91 Å². The van der Waals surface area contributed by atoms with E-state index in [-0.39, 0.29) is 17.1 Å². The number of hydrogen-bond acceptors (Lipinski definition) is 4. The van der Waals surface area contributed by atoms with Crippen molar-refractivity contribution in [3.05, 3.63) is 107 Å². The molecular formula is C25H17N3O3. The summed E-state index contributed by atoms with van der Waals surface area (Å²) in [6.45, 7) is 0. The van der Waals surface area contributed by atoms with Crippen LogP contribution in [0.4, 0.5) is 6.01 Å². The Hall–Kier alpha value is -4.45. The molecule has 31 heavy (non-hydrogen) atoms. The molecule has 5 rings (SSSR count). The molecule has 0 spiro atoms. The summed E-state index contributed by atoms with van der Waals surface area (Å²) < 4.78 is 5.96. The Kier molecular flexibility index (Phi) is 4.65. The molecule has 0 atom stereocenters. The zero-order chi connectivity index (χ0) is 21.2. The van der Waals surface area contributed by atoms with Gasteiger partial charge >= 0.3 is 6.01 Å². The molecule has 0 saturated carbocycles. The number of nitrogens with one attached hydrogen (secondary N) is 2. The zero-order valence-electron chi connectivity index (χ0n) is 16.3. The molecule has 3 aromatic carbocycles. The average molecular weight is 407 g/mol. The standard InChI is InChI=1S/C25H17N3O3/c29-21-15-19(18-13-7-8-14-20(18)26-21)24(30)28-25-27-22(16-9-3-1-4-10-16)23(31-25)17-11-5-2-6-12-17/h1-15H,(H,26,29)(H,27,28,30). The number of oxazole rings is 1. The molecule has 0 radical (unpaired) electrons. The van der Waals surface area contributed by atoms with Gasteiger partial charge in [-0.25, -0.2) is 0 Å². The topological polar surface area (TPSA) is 88.0 Å². The van der Waals surface area contributed by atoms with Crippen molar-refractivity contribution in [2.24, 2.45) is 0 Å². The van der Waals surface area contributed by atoms with Gasteiger partial charge in [0.15, 0.2) is 5.76 Å². The van der Waals surface area contributed by atoms with Gasteiger partial charge in [0.05, 0.1) is 5.56 Å². The fraction of sp³-hybridized carbons (Fsp3) is 0. The third kappa shape index (κ3) is 3.62. The third-order valence-electron chi connectivity index (χ3n) is 4.93. The van der Waals surface area contributed by atoms with Crippen molar-refractivity contribution in [1.29, 1.82) is 0 Å². The van der Waals surface area contributed by atoms with Crippen molar-refractivity contribution in [3.8, 4) is 22.6 Å². The van der Waals surface area contributed by atoms with Crippen molar-refractivity contribution in [3.63, 3.8) is 0 Å². The van der Waals surface area contributed by atoms with Crippen LogP contribution in [0, 0.1) is 0 Å². The van der Waals surface area contributed by atoms with Crippen molar-refractivity contribution >= 4 is 22.8 Å². The van der Waals surface area contributed by atoms with Gasteiger partial charge in [0, 0.05) is 28.1 Å². The number of benzene rings is 3. The van der Waals surface area contributed by atoms with Crippen LogP contribution in [-0.4, -0.2) is 15.9 Å². The number of anilines is 1. The minimum atomic E-state index is -0.470. The molecule has 0 fully saturated rings. The van der Waals surface area contributed by atoms with Crippen LogP contribution < -0.4 is 10.9 Å². The fourth-order valence-corrected chi connectivity index (χ4v) is 3.51. The van der Waals surface area contributed by atoms with Crippen molar-refractivity contribution in [2.45, 2.75) is 0 Å². The van der Waals surface area contributed by atoms with Gasteiger partial charge in [0.1, 0.15) is 5.69 Å². The second kappa shape index (κ2) is 7.76. The number of nitrogens with zero attached hydrogens (tertiary/aromatic N) is 1. The number of para-hydroxylation sites is 1. The minimum Gasteiger partial charge on any atom is -0.423 e. The fourth-order valence-electron chi connectivity index (χ4n) is 3.51. The summed E-state index contributed by atoms with van der Waals surface area (Å²) in [4.78, 5) is 32.3. The summed E-state index contributed by atoms with van der Waals surface area (Å²) in [5.74, 6) is 0.0839. The van der Waals surface area contributed by atoms with E-state index in [0.29, 0.717) is 22.4 Å². The van der Waals surface area contributed by atoms with E-state index >= 15 is 0 Å².